The van der Waals surface area contributed by atoms with Crippen LogP contribution >= 0.6 is 0 Å². The van der Waals surface area contributed by atoms with Gasteiger partial charge in [0.05, 0.1) is 12.6 Å². The number of hydrogen-bond acceptors (Lipinski definition) is 4. The first-order valence-corrected chi connectivity index (χ1v) is 11.0. The van der Waals surface area contributed by atoms with Crippen LogP contribution in [0.15, 0.2) is 48.5 Å². The van der Waals surface area contributed by atoms with Gasteiger partial charge in [0.15, 0.2) is 0 Å². The number of fused-ring (bicyclic) bond motifs is 4. The van der Waals surface area contributed by atoms with Crippen molar-refractivity contribution < 1.29 is 14.3 Å². The lowest BCUT2D eigenvalue weighted by Crippen LogP contribution is -2.53. The van der Waals surface area contributed by atoms with E-state index < -0.39 is 0 Å². The summed E-state index contributed by atoms with van der Waals surface area (Å²) in [6, 6.07) is 16.4. The lowest BCUT2D eigenvalue weighted by molar-refractivity contribution is -0.0361. The number of alkyl carbamates (subject to hydrolysis) is 1. The van der Waals surface area contributed by atoms with Crippen molar-refractivity contribution in [3.8, 4) is 16.9 Å². The highest BCUT2D eigenvalue weighted by molar-refractivity contribution is 5.70. The van der Waals surface area contributed by atoms with Gasteiger partial charge < -0.3 is 14.8 Å². The smallest absolute Gasteiger partial charge is 0.407 e. The van der Waals surface area contributed by atoms with Gasteiger partial charge in [0, 0.05) is 17.5 Å². The van der Waals surface area contributed by atoms with Gasteiger partial charge in [0.2, 0.25) is 0 Å². The predicted octanol–water partition coefficient (Wildman–Crippen LogP) is 4.63. The molecule has 0 aromatic heterocycles. The molecule has 4 aliphatic heterocycles. The number of ether oxygens (including phenoxy) is 2. The standard InChI is InChI=1S/C25H30N2O3/c1-25(2)16-29-21-14-19(17-6-4-3-5-7-17)8-9-20(21)23(25)26-24(28)30-22-15-27-12-10-18(22)11-13-27/h3-9,14,18,22-23H,10-13,15-16H2,1-2H3,(H,26,28)/t22-,23?/m0/s1. The molecule has 0 aliphatic carbocycles. The van der Waals surface area contributed by atoms with Crippen LogP contribution in [0.25, 0.3) is 11.1 Å². The molecule has 1 unspecified atom stereocenters. The van der Waals surface area contributed by atoms with E-state index in [1.165, 1.54) is 0 Å². The Kier molecular flexibility index (Phi) is 4.94. The van der Waals surface area contributed by atoms with E-state index in [-0.39, 0.29) is 23.7 Å². The number of amides is 1. The van der Waals surface area contributed by atoms with E-state index in [0.717, 1.165) is 54.9 Å². The first-order chi connectivity index (χ1) is 14.5. The third-order valence-electron chi connectivity index (χ3n) is 6.93. The molecule has 0 spiro atoms. The molecule has 3 saturated heterocycles. The maximum Gasteiger partial charge on any atom is 0.407 e. The third kappa shape index (κ3) is 3.67. The van der Waals surface area contributed by atoms with Gasteiger partial charge in [-0.25, -0.2) is 4.79 Å². The van der Waals surface area contributed by atoms with E-state index in [1.54, 1.807) is 0 Å². The topological polar surface area (TPSA) is 50.8 Å². The Morgan fingerprint density at radius 1 is 1.10 bits per heavy atom. The summed E-state index contributed by atoms with van der Waals surface area (Å²) in [7, 11) is 0. The average Bonchev–Trinajstić information content (AvgIpc) is 2.77. The van der Waals surface area contributed by atoms with E-state index in [2.05, 4.69) is 54.4 Å². The predicted molar refractivity (Wildman–Crippen MR) is 116 cm³/mol. The molecule has 158 valence electrons. The van der Waals surface area contributed by atoms with Gasteiger partial charge >= 0.3 is 6.09 Å². The molecule has 2 atom stereocenters. The van der Waals surface area contributed by atoms with Crippen molar-refractivity contribution >= 4 is 6.09 Å². The molecule has 1 amide bonds. The second kappa shape index (κ2) is 7.62. The molecule has 3 fully saturated rings. The highest BCUT2D eigenvalue weighted by Gasteiger charge is 2.41. The normalized spacial score (nSPS) is 28.9. The van der Waals surface area contributed by atoms with Crippen LogP contribution in [-0.4, -0.2) is 43.3 Å². The Morgan fingerprint density at radius 2 is 1.87 bits per heavy atom. The second-order valence-electron chi connectivity index (χ2n) is 9.56. The number of hydrogen-bond donors (Lipinski definition) is 1. The SMILES string of the molecule is CC1(C)COc2cc(-c3ccccc3)ccc2C1NC(=O)O[C@H]1CN2CCC1CC2. The monoisotopic (exact) mass is 406 g/mol. The van der Waals surface area contributed by atoms with Gasteiger partial charge in [0.1, 0.15) is 11.9 Å². The van der Waals surface area contributed by atoms with Crippen LogP contribution in [0.4, 0.5) is 4.79 Å². The number of nitrogens with one attached hydrogen (secondary N) is 1. The van der Waals surface area contributed by atoms with Crippen molar-refractivity contribution in [3.05, 3.63) is 54.1 Å². The lowest BCUT2D eigenvalue weighted by Gasteiger charge is -2.44. The third-order valence-corrected chi connectivity index (χ3v) is 6.93. The summed E-state index contributed by atoms with van der Waals surface area (Å²) in [5.74, 6) is 1.34. The van der Waals surface area contributed by atoms with E-state index in [4.69, 9.17) is 9.47 Å². The zero-order valence-corrected chi connectivity index (χ0v) is 17.8. The highest BCUT2D eigenvalue weighted by Crippen LogP contribution is 2.44. The largest absolute Gasteiger partial charge is 0.493 e. The van der Waals surface area contributed by atoms with E-state index in [9.17, 15) is 4.79 Å². The summed E-state index contributed by atoms with van der Waals surface area (Å²) in [6.45, 7) is 7.93. The molecular weight excluding hydrogens is 376 g/mol. The van der Waals surface area contributed by atoms with Gasteiger partial charge in [-0.2, -0.15) is 0 Å². The summed E-state index contributed by atoms with van der Waals surface area (Å²) in [5, 5.41) is 3.17. The Labute approximate surface area is 178 Å². The van der Waals surface area contributed by atoms with Crippen molar-refractivity contribution in [3.63, 3.8) is 0 Å². The number of benzene rings is 2. The molecule has 4 heterocycles. The van der Waals surface area contributed by atoms with Crippen LogP contribution in [0.2, 0.25) is 0 Å². The molecule has 2 bridgehead atoms. The zero-order valence-electron chi connectivity index (χ0n) is 17.8. The van der Waals surface area contributed by atoms with Crippen LogP contribution in [-0.2, 0) is 4.74 Å². The van der Waals surface area contributed by atoms with Gasteiger partial charge in [-0.05, 0) is 49.0 Å². The zero-order chi connectivity index (χ0) is 20.7. The van der Waals surface area contributed by atoms with Crippen molar-refractivity contribution in [1.82, 2.24) is 10.2 Å². The summed E-state index contributed by atoms with van der Waals surface area (Å²) >= 11 is 0. The molecule has 6 rings (SSSR count). The highest BCUT2D eigenvalue weighted by atomic mass is 16.6. The molecule has 5 nitrogen and oxygen atoms in total. The van der Waals surface area contributed by atoms with Crippen LogP contribution in [0.5, 0.6) is 5.75 Å². The fraction of sp³-hybridized carbons (Fsp3) is 0.480. The number of rotatable bonds is 3. The summed E-state index contributed by atoms with van der Waals surface area (Å²) < 4.78 is 12.0. The molecule has 1 N–H and O–H groups in total. The molecule has 5 heteroatoms. The quantitative estimate of drug-likeness (QED) is 0.807. The van der Waals surface area contributed by atoms with Crippen molar-refractivity contribution in [1.29, 1.82) is 0 Å². The van der Waals surface area contributed by atoms with Crippen molar-refractivity contribution in [2.45, 2.75) is 38.8 Å². The molecule has 0 radical (unpaired) electrons. The first-order valence-electron chi connectivity index (χ1n) is 11.0. The van der Waals surface area contributed by atoms with Gasteiger partial charge in [0.25, 0.3) is 0 Å². The fourth-order valence-electron chi connectivity index (χ4n) is 5.08. The van der Waals surface area contributed by atoms with Crippen molar-refractivity contribution in [2.24, 2.45) is 11.3 Å². The van der Waals surface area contributed by atoms with Crippen molar-refractivity contribution in [2.75, 3.05) is 26.2 Å². The Bertz CT molecular complexity index is 919. The molecule has 30 heavy (non-hydrogen) atoms. The molecule has 2 aromatic carbocycles. The average molecular weight is 407 g/mol. The molecule has 0 saturated carbocycles. The van der Waals surface area contributed by atoms with E-state index >= 15 is 0 Å². The molecule has 2 aromatic rings. The van der Waals surface area contributed by atoms with Crippen LogP contribution in [0, 0.1) is 11.3 Å². The van der Waals surface area contributed by atoms with Gasteiger partial charge in [-0.1, -0.05) is 56.3 Å². The van der Waals surface area contributed by atoms with Crippen LogP contribution in [0.3, 0.4) is 0 Å². The maximum atomic E-state index is 12.8. The van der Waals surface area contributed by atoms with Gasteiger partial charge in [-0.3, -0.25) is 4.90 Å². The number of carbonyl (C=O) groups is 1. The lowest BCUT2D eigenvalue weighted by atomic mass is 9.78. The van der Waals surface area contributed by atoms with Gasteiger partial charge in [-0.15, -0.1) is 0 Å². The van der Waals surface area contributed by atoms with Crippen LogP contribution < -0.4 is 10.1 Å². The summed E-state index contributed by atoms with van der Waals surface area (Å²) in [5.41, 5.74) is 3.05. The number of carbonyl (C=O) groups excluding carboxylic acids is 1. The minimum Gasteiger partial charge on any atom is -0.493 e. The van der Waals surface area contributed by atoms with E-state index in [0.29, 0.717) is 12.5 Å². The Morgan fingerprint density at radius 3 is 2.57 bits per heavy atom. The minimum atomic E-state index is -0.313. The number of nitrogens with zero attached hydrogens (tertiary/aromatic N) is 1. The minimum absolute atomic E-state index is 0.00961. The first kappa shape index (κ1) is 19.4. The Hall–Kier alpha value is -2.53. The molecule has 4 aliphatic rings. The molecular formula is C25H30N2O3. The fourth-order valence-corrected chi connectivity index (χ4v) is 5.08. The summed E-state index contributed by atoms with van der Waals surface area (Å²) in [6.07, 6.45) is 1.96. The summed E-state index contributed by atoms with van der Waals surface area (Å²) in [4.78, 5) is 15.2. The van der Waals surface area contributed by atoms with E-state index in [1.807, 2.05) is 18.2 Å². The Balaban J connectivity index is 1.35. The van der Waals surface area contributed by atoms with Crippen LogP contribution in [0.1, 0.15) is 38.3 Å². The second-order valence-corrected chi connectivity index (χ2v) is 9.56. The number of piperidine rings is 3. The maximum absolute atomic E-state index is 12.8.